The minimum absolute atomic E-state index is 0.0217. The smallest absolute Gasteiger partial charge is 0.223 e. The Morgan fingerprint density at radius 3 is 2.00 bits per heavy atom. The van der Waals surface area contributed by atoms with Gasteiger partial charge in [-0.2, -0.15) is 0 Å². The molecule has 3 heteroatoms. The maximum absolute atomic E-state index is 12.6. The van der Waals surface area contributed by atoms with Crippen LogP contribution in [-0.4, -0.2) is 29.6 Å². The molecule has 2 heterocycles. The predicted molar refractivity (Wildman–Crippen MR) is 84.3 cm³/mol. The van der Waals surface area contributed by atoms with E-state index in [0.29, 0.717) is 6.42 Å². The Labute approximate surface area is 130 Å². The van der Waals surface area contributed by atoms with Crippen molar-refractivity contribution in [3.63, 3.8) is 0 Å². The SMILES string of the molecule is O=C1CC[C@@H]([C@@H]2CO2)N1C(c1ccccc1)c1ccccc1. The number of ether oxygens (including phenoxy) is 1. The topological polar surface area (TPSA) is 32.8 Å². The molecular weight excluding hydrogens is 274 g/mol. The van der Waals surface area contributed by atoms with Gasteiger partial charge in [-0.25, -0.2) is 0 Å². The van der Waals surface area contributed by atoms with Crippen LogP contribution in [0.1, 0.15) is 30.0 Å². The highest BCUT2D eigenvalue weighted by molar-refractivity contribution is 5.80. The monoisotopic (exact) mass is 293 g/mol. The first-order chi connectivity index (χ1) is 10.8. The molecule has 2 aromatic rings. The summed E-state index contributed by atoms with van der Waals surface area (Å²) in [5, 5.41) is 0. The Morgan fingerprint density at radius 2 is 1.50 bits per heavy atom. The molecule has 2 aliphatic heterocycles. The lowest BCUT2D eigenvalue weighted by molar-refractivity contribution is -0.130. The molecule has 0 unspecified atom stereocenters. The molecule has 0 aromatic heterocycles. The molecule has 2 aliphatic rings. The Morgan fingerprint density at radius 1 is 0.955 bits per heavy atom. The summed E-state index contributed by atoms with van der Waals surface area (Å²) in [5.41, 5.74) is 2.32. The van der Waals surface area contributed by atoms with Crippen LogP contribution in [-0.2, 0) is 9.53 Å². The zero-order valence-electron chi connectivity index (χ0n) is 12.4. The van der Waals surface area contributed by atoms with E-state index >= 15 is 0 Å². The second-order valence-electron chi connectivity index (χ2n) is 6.00. The standard InChI is InChI=1S/C19H19NO2/c21-18-12-11-16(17-13-22-17)20(18)19(14-7-3-1-4-8-14)15-9-5-2-6-10-15/h1-10,16-17,19H,11-13H2/t16-,17-/m0/s1. The second kappa shape index (κ2) is 5.58. The summed E-state index contributed by atoms with van der Waals surface area (Å²) >= 11 is 0. The van der Waals surface area contributed by atoms with Crippen LogP contribution < -0.4 is 0 Å². The van der Waals surface area contributed by atoms with Crippen LogP contribution in [0, 0.1) is 0 Å². The van der Waals surface area contributed by atoms with Gasteiger partial charge in [0.15, 0.2) is 0 Å². The molecule has 0 bridgehead atoms. The van der Waals surface area contributed by atoms with Crippen molar-refractivity contribution in [1.82, 2.24) is 4.90 Å². The van der Waals surface area contributed by atoms with Gasteiger partial charge in [-0.1, -0.05) is 60.7 Å². The number of carbonyl (C=O) groups excluding carboxylic acids is 1. The number of benzene rings is 2. The zero-order chi connectivity index (χ0) is 14.9. The van der Waals surface area contributed by atoms with Crippen molar-refractivity contribution in [2.45, 2.75) is 31.0 Å². The van der Waals surface area contributed by atoms with Crippen LogP contribution in [0.25, 0.3) is 0 Å². The number of hydrogen-bond acceptors (Lipinski definition) is 2. The molecule has 3 nitrogen and oxygen atoms in total. The summed E-state index contributed by atoms with van der Waals surface area (Å²) in [7, 11) is 0. The first-order valence-electron chi connectivity index (χ1n) is 7.87. The lowest BCUT2D eigenvalue weighted by Gasteiger charge is -2.33. The van der Waals surface area contributed by atoms with E-state index in [1.165, 1.54) is 0 Å². The highest BCUT2D eigenvalue weighted by Gasteiger charge is 2.46. The number of epoxide rings is 1. The molecule has 1 amide bonds. The van der Waals surface area contributed by atoms with Gasteiger partial charge in [-0.3, -0.25) is 4.79 Å². The van der Waals surface area contributed by atoms with E-state index in [1.807, 2.05) is 36.4 Å². The Kier molecular flexibility index (Phi) is 3.43. The van der Waals surface area contributed by atoms with Gasteiger partial charge in [0.05, 0.1) is 18.7 Å². The van der Waals surface area contributed by atoms with Crippen molar-refractivity contribution in [1.29, 1.82) is 0 Å². The van der Waals surface area contributed by atoms with Crippen LogP contribution in [0.3, 0.4) is 0 Å². The normalized spacial score (nSPS) is 24.0. The van der Waals surface area contributed by atoms with Crippen molar-refractivity contribution in [2.75, 3.05) is 6.61 Å². The number of nitrogens with zero attached hydrogens (tertiary/aromatic N) is 1. The number of carbonyl (C=O) groups is 1. The van der Waals surface area contributed by atoms with Gasteiger partial charge in [-0.15, -0.1) is 0 Å². The summed E-state index contributed by atoms with van der Waals surface area (Å²) in [6.07, 6.45) is 1.75. The fourth-order valence-corrected chi connectivity index (χ4v) is 3.49. The first kappa shape index (κ1) is 13.5. The summed E-state index contributed by atoms with van der Waals surface area (Å²) in [6.45, 7) is 0.782. The van der Waals surface area contributed by atoms with Crippen molar-refractivity contribution < 1.29 is 9.53 Å². The molecule has 0 N–H and O–H groups in total. The third kappa shape index (κ3) is 2.42. The van der Waals surface area contributed by atoms with Gasteiger partial charge in [0, 0.05) is 6.42 Å². The summed E-state index contributed by atoms with van der Waals surface area (Å²) < 4.78 is 5.50. The quantitative estimate of drug-likeness (QED) is 0.811. The first-order valence-corrected chi connectivity index (χ1v) is 7.87. The highest BCUT2D eigenvalue weighted by Crippen LogP contribution is 2.39. The predicted octanol–water partition coefficient (Wildman–Crippen LogP) is 3.17. The Hall–Kier alpha value is -2.13. The van der Waals surface area contributed by atoms with E-state index in [4.69, 9.17) is 4.74 Å². The van der Waals surface area contributed by atoms with Crippen molar-refractivity contribution in [2.24, 2.45) is 0 Å². The second-order valence-corrected chi connectivity index (χ2v) is 6.00. The largest absolute Gasteiger partial charge is 0.371 e. The molecule has 0 saturated carbocycles. The molecule has 112 valence electrons. The lowest BCUT2D eigenvalue weighted by Crippen LogP contribution is -2.40. The molecular formula is C19H19NO2. The van der Waals surface area contributed by atoms with E-state index < -0.39 is 0 Å². The molecule has 2 saturated heterocycles. The van der Waals surface area contributed by atoms with Gasteiger partial charge in [-0.05, 0) is 17.5 Å². The minimum Gasteiger partial charge on any atom is -0.371 e. The van der Waals surface area contributed by atoms with Crippen LogP contribution in [0.2, 0.25) is 0 Å². The third-order valence-electron chi connectivity index (χ3n) is 4.60. The fourth-order valence-electron chi connectivity index (χ4n) is 3.49. The van der Waals surface area contributed by atoms with Gasteiger partial charge in [0.25, 0.3) is 0 Å². The van der Waals surface area contributed by atoms with E-state index in [-0.39, 0.29) is 24.1 Å². The zero-order valence-corrected chi connectivity index (χ0v) is 12.4. The fraction of sp³-hybridized carbons (Fsp3) is 0.316. The molecule has 0 aliphatic carbocycles. The average molecular weight is 293 g/mol. The molecule has 2 atom stereocenters. The molecule has 4 rings (SSSR count). The van der Waals surface area contributed by atoms with Gasteiger partial charge in [0.2, 0.25) is 5.91 Å². The lowest BCUT2D eigenvalue weighted by atomic mass is 9.96. The van der Waals surface area contributed by atoms with E-state index in [2.05, 4.69) is 29.2 Å². The van der Waals surface area contributed by atoms with E-state index in [9.17, 15) is 4.79 Å². The number of likely N-dealkylation sites (tertiary alicyclic amines) is 1. The molecule has 0 spiro atoms. The molecule has 22 heavy (non-hydrogen) atoms. The van der Waals surface area contributed by atoms with Crippen LogP contribution >= 0.6 is 0 Å². The minimum atomic E-state index is -0.0217. The number of amides is 1. The van der Waals surface area contributed by atoms with E-state index in [0.717, 1.165) is 24.2 Å². The summed E-state index contributed by atoms with van der Waals surface area (Å²) in [6, 6.07) is 20.8. The highest BCUT2D eigenvalue weighted by atomic mass is 16.6. The average Bonchev–Trinajstić information content (AvgIpc) is 3.35. The van der Waals surface area contributed by atoms with Crippen molar-refractivity contribution in [3.05, 3.63) is 71.8 Å². The van der Waals surface area contributed by atoms with E-state index in [1.54, 1.807) is 0 Å². The van der Waals surface area contributed by atoms with Crippen LogP contribution in [0.5, 0.6) is 0 Å². The summed E-state index contributed by atoms with van der Waals surface area (Å²) in [4.78, 5) is 14.6. The van der Waals surface area contributed by atoms with Gasteiger partial charge in [0.1, 0.15) is 6.10 Å². The maximum Gasteiger partial charge on any atom is 0.223 e. The van der Waals surface area contributed by atoms with Gasteiger partial charge >= 0.3 is 0 Å². The Bertz CT molecular complexity index is 612. The van der Waals surface area contributed by atoms with Crippen molar-refractivity contribution in [3.8, 4) is 0 Å². The van der Waals surface area contributed by atoms with Crippen molar-refractivity contribution >= 4 is 5.91 Å². The number of rotatable bonds is 4. The molecule has 0 radical (unpaired) electrons. The molecule has 2 aromatic carbocycles. The maximum atomic E-state index is 12.6. The summed E-state index contributed by atoms with van der Waals surface area (Å²) in [5.74, 6) is 0.234. The van der Waals surface area contributed by atoms with Gasteiger partial charge < -0.3 is 9.64 Å². The molecule has 2 fully saturated rings. The van der Waals surface area contributed by atoms with Crippen LogP contribution in [0.4, 0.5) is 0 Å². The third-order valence-corrected chi connectivity index (χ3v) is 4.60. The Balaban J connectivity index is 1.78. The van der Waals surface area contributed by atoms with Crippen LogP contribution in [0.15, 0.2) is 60.7 Å². The number of hydrogen-bond donors (Lipinski definition) is 0.